The molecule has 268 valence electrons. The molecule has 13 nitrogen and oxygen atoms in total. The lowest BCUT2D eigenvalue weighted by molar-refractivity contribution is -0.165. The van der Waals surface area contributed by atoms with Gasteiger partial charge >= 0.3 is 35.9 Å². The van der Waals surface area contributed by atoms with Gasteiger partial charge in [0.25, 0.3) is 0 Å². The molecule has 1 aliphatic rings. The number of carbonyl (C=O) groups excluding carboxylic acids is 6. The van der Waals surface area contributed by atoms with Crippen molar-refractivity contribution in [3.8, 4) is 0 Å². The maximum atomic E-state index is 13.0. The number of carbonyl (C=O) groups is 6. The molecule has 0 aromatic carbocycles. The van der Waals surface area contributed by atoms with Crippen molar-refractivity contribution in [2.45, 2.75) is 98.8 Å². The number of nitrogens with one attached hydrogen (secondary N) is 1. The summed E-state index contributed by atoms with van der Waals surface area (Å²) in [7, 11) is 0. The van der Waals surface area contributed by atoms with E-state index in [2.05, 4.69) is 45.5 Å². The van der Waals surface area contributed by atoms with Crippen LogP contribution in [0.15, 0.2) is 48.6 Å². The predicted octanol–water partition coefficient (Wildman–Crippen LogP) is 4.84. The second-order valence-corrected chi connectivity index (χ2v) is 13.6. The molecule has 2 unspecified atom stereocenters. The molecule has 1 saturated carbocycles. The highest BCUT2D eigenvalue weighted by Gasteiger charge is 2.42. The van der Waals surface area contributed by atoms with E-state index in [1.165, 1.54) is 27.7 Å². The molecule has 0 saturated heterocycles. The summed E-state index contributed by atoms with van der Waals surface area (Å²) in [5.41, 5.74) is -0.00670. The summed E-state index contributed by atoms with van der Waals surface area (Å²) in [5.74, 6) is -3.31. The molecule has 0 heterocycles. The van der Waals surface area contributed by atoms with E-state index in [0.29, 0.717) is 19.3 Å². The van der Waals surface area contributed by atoms with Gasteiger partial charge in [-0.15, -0.1) is 0 Å². The van der Waals surface area contributed by atoms with Crippen LogP contribution >= 0.6 is 0 Å². The molecular formula is C35H51NO12. The summed E-state index contributed by atoms with van der Waals surface area (Å²) < 4.78 is 31.5. The van der Waals surface area contributed by atoms with E-state index in [0.717, 1.165) is 6.42 Å². The van der Waals surface area contributed by atoms with Gasteiger partial charge in [0.15, 0.2) is 12.2 Å². The fourth-order valence-electron chi connectivity index (χ4n) is 5.33. The Morgan fingerprint density at radius 2 is 1.02 bits per heavy atom. The van der Waals surface area contributed by atoms with Crippen LogP contribution in [0.5, 0.6) is 0 Å². The smallest absolute Gasteiger partial charge is 0.407 e. The van der Waals surface area contributed by atoms with Gasteiger partial charge in [-0.25, -0.2) is 24.0 Å². The van der Waals surface area contributed by atoms with E-state index in [-0.39, 0.29) is 66.6 Å². The van der Waals surface area contributed by atoms with E-state index in [9.17, 15) is 28.8 Å². The molecule has 0 spiro atoms. The third-order valence-corrected chi connectivity index (χ3v) is 7.27. The Labute approximate surface area is 283 Å². The van der Waals surface area contributed by atoms with Crippen molar-refractivity contribution in [3.05, 3.63) is 48.6 Å². The topological polar surface area (TPSA) is 170 Å². The Bertz CT molecular complexity index is 1220. The van der Waals surface area contributed by atoms with Crippen LogP contribution in [0.3, 0.4) is 0 Å². The Morgan fingerprint density at radius 1 is 0.646 bits per heavy atom. The minimum atomic E-state index is -1.09. The molecule has 1 fully saturated rings. The van der Waals surface area contributed by atoms with E-state index in [4.69, 9.17) is 28.4 Å². The van der Waals surface area contributed by atoms with Gasteiger partial charge in [-0.3, -0.25) is 4.79 Å². The number of amides is 1. The highest BCUT2D eigenvalue weighted by atomic mass is 16.6. The third-order valence-electron chi connectivity index (χ3n) is 7.27. The molecule has 1 aliphatic carbocycles. The number of esters is 5. The van der Waals surface area contributed by atoms with Crippen LogP contribution in [-0.2, 0) is 52.4 Å². The fourth-order valence-corrected chi connectivity index (χ4v) is 5.33. The lowest BCUT2D eigenvalue weighted by atomic mass is 9.61. The zero-order chi connectivity index (χ0) is 36.8. The zero-order valence-electron chi connectivity index (χ0n) is 29.3. The largest absolute Gasteiger partial charge is 0.458 e. The summed E-state index contributed by atoms with van der Waals surface area (Å²) in [4.78, 5) is 73.5. The normalized spacial score (nSPS) is 18.1. The van der Waals surface area contributed by atoms with Crippen molar-refractivity contribution in [1.82, 2.24) is 5.32 Å². The molecule has 0 bridgehead atoms. The summed E-state index contributed by atoms with van der Waals surface area (Å²) in [6.45, 7) is 24.7. The number of hydrogen-bond donors (Lipinski definition) is 1. The summed E-state index contributed by atoms with van der Waals surface area (Å²) in [6, 6.07) is -0.338. The van der Waals surface area contributed by atoms with Gasteiger partial charge in [-0.05, 0) is 64.2 Å². The molecule has 1 rings (SSSR count). The lowest BCUT2D eigenvalue weighted by Gasteiger charge is -2.46. The molecule has 0 aromatic rings. The van der Waals surface area contributed by atoms with Crippen molar-refractivity contribution in [2.75, 3.05) is 26.4 Å². The van der Waals surface area contributed by atoms with Crippen LogP contribution in [0.2, 0.25) is 0 Å². The van der Waals surface area contributed by atoms with Gasteiger partial charge in [0.05, 0.1) is 0 Å². The first kappa shape index (κ1) is 41.6. The van der Waals surface area contributed by atoms with Crippen LogP contribution < -0.4 is 5.32 Å². The molecule has 0 aliphatic heterocycles. The van der Waals surface area contributed by atoms with Crippen LogP contribution in [0, 0.1) is 10.8 Å². The predicted molar refractivity (Wildman–Crippen MR) is 175 cm³/mol. The number of hydrogen-bond acceptors (Lipinski definition) is 12. The summed E-state index contributed by atoms with van der Waals surface area (Å²) in [6.07, 6.45) is -0.643. The van der Waals surface area contributed by atoms with E-state index < -0.39 is 53.6 Å². The monoisotopic (exact) mass is 677 g/mol. The Kier molecular flexibility index (Phi) is 16.3. The summed E-state index contributed by atoms with van der Waals surface area (Å²) >= 11 is 0. The molecular weight excluding hydrogens is 626 g/mol. The maximum Gasteiger partial charge on any atom is 0.407 e. The standard InChI is InChI=1S/C35H51NO12/c1-21(2)29(38)43-16-26(17-44-30(39)22(3)4)47-28(37)12-13-35(11)15-25(14-34(9,10)20-35)36-33(42)48-27(18-45-31(40)23(5)6)19-46-32(41)24(7)8/h25-27H,1,3,5,7,12-20H2,2,4,6,8-11H3,(H,36,42). The Morgan fingerprint density at radius 3 is 1.40 bits per heavy atom. The van der Waals surface area contributed by atoms with Crippen LogP contribution in [0.4, 0.5) is 4.79 Å². The van der Waals surface area contributed by atoms with Crippen molar-refractivity contribution in [2.24, 2.45) is 10.8 Å². The lowest BCUT2D eigenvalue weighted by Crippen LogP contribution is -2.48. The molecule has 48 heavy (non-hydrogen) atoms. The fraction of sp³-hybridized carbons (Fsp3) is 0.600. The van der Waals surface area contributed by atoms with Crippen molar-refractivity contribution in [3.63, 3.8) is 0 Å². The van der Waals surface area contributed by atoms with Gasteiger partial charge < -0.3 is 33.7 Å². The van der Waals surface area contributed by atoms with Crippen molar-refractivity contribution < 1.29 is 57.2 Å². The first-order valence-corrected chi connectivity index (χ1v) is 15.6. The van der Waals surface area contributed by atoms with Gasteiger partial charge in [-0.2, -0.15) is 0 Å². The molecule has 1 N–H and O–H groups in total. The minimum absolute atomic E-state index is 0.00730. The van der Waals surface area contributed by atoms with Gasteiger partial charge in [0.2, 0.25) is 0 Å². The maximum absolute atomic E-state index is 13.0. The first-order valence-electron chi connectivity index (χ1n) is 15.6. The van der Waals surface area contributed by atoms with Crippen molar-refractivity contribution in [1.29, 1.82) is 0 Å². The number of alkyl carbamates (subject to hydrolysis) is 1. The molecule has 1 amide bonds. The van der Waals surface area contributed by atoms with Crippen molar-refractivity contribution >= 4 is 35.9 Å². The molecule has 2 atom stereocenters. The Hall–Kier alpha value is -4.42. The molecule has 13 heteroatoms. The van der Waals surface area contributed by atoms with Gasteiger partial charge in [0, 0.05) is 34.8 Å². The second kappa shape index (κ2) is 18.8. The van der Waals surface area contributed by atoms with Gasteiger partial charge in [0.1, 0.15) is 26.4 Å². The van der Waals surface area contributed by atoms with E-state index in [1.807, 2.05) is 6.92 Å². The van der Waals surface area contributed by atoms with Crippen LogP contribution in [0.25, 0.3) is 0 Å². The van der Waals surface area contributed by atoms with Crippen LogP contribution in [0.1, 0.15) is 80.6 Å². The summed E-state index contributed by atoms with van der Waals surface area (Å²) in [5, 5.41) is 2.87. The van der Waals surface area contributed by atoms with Gasteiger partial charge in [-0.1, -0.05) is 47.1 Å². The van der Waals surface area contributed by atoms with Crippen LogP contribution in [-0.4, -0.2) is 80.6 Å². The highest BCUT2D eigenvalue weighted by Crippen LogP contribution is 2.48. The first-order chi connectivity index (χ1) is 22.1. The number of rotatable bonds is 18. The van der Waals surface area contributed by atoms with E-state index >= 15 is 0 Å². The average Bonchev–Trinajstić information content (AvgIpc) is 2.96. The zero-order valence-corrected chi connectivity index (χ0v) is 29.3. The third kappa shape index (κ3) is 15.9. The van der Waals surface area contributed by atoms with E-state index in [1.54, 1.807) is 0 Å². The molecule has 0 aromatic heterocycles. The molecule has 0 radical (unpaired) electrons. The Balaban J connectivity index is 2.89. The quantitative estimate of drug-likeness (QED) is 0.119. The number of ether oxygens (including phenoxy) is 6. The second-order valence-electron chi connectivity index (χ2n) is 13.6. The average molecular weight is 678 g/mol. The highest BCUT2D eigenvalue weighted by molar-refractivity contribution is 5.88. The minimum Gasteiger partial charge on any atom is -0.458 e. The SMILES string of the molecule is C=C(C)C(=O)OCC(COC(=O)C(=C)C)OC(=O)CCC1(C)CC(NC(=O)OC(COC(=O)C(=C)C)COC(=O)C(=C)C)CC(C)(C)C1.